The highest BCUT2D eigenvalue weighted by Crippen LogP contribution is 2.27. The molecule has 0 saturated carbocycles. The number of amides is 1. The molecule has 0 spiro atoms. The third kappa shape index (κ3) is 5.92. The molecule has 1 amide bonds. The highest BCUT2D eigenvalue weighted by atomic mass is 35.5. The van der Waals surface area contributed by atoms with Crippen molar-refractivity contribution in [3.63, 3.8) is 0 Å². The molecule has 7 heteroatoms. The molecular weight excluding hydrogens is 420 g/mol. The van der Waals surface area contributed by atoms with Crippen LogP contribution in [0.15, 0.2) is 83.8 Å². The first-order chi connectivity index (χ1) is 14.3. The van der Waals surface area contributed by atoms with Crippen molar-refractivity contribution in [1.29, 1.82) is 0 Å². The lowest BCUT2D eigenvalue weighted by Crippen LogP contribution is -2.33. The highest BCUT2D eigenvalue weighted by molar-refractivity contribution is 7.89. The Morgan fingerprint density at radius 3 is 2.23 bits per heavy atom. The summed E-state index contributed by atoms with van der Waals surface area (Å²) in [5.74, 6) is -0.282. The van der Waals surface area contributed by atoms with E-state index >= 15 is 0 Å². The Morgan fingerprint density at radius 1 is 0.933 bits per heavy atom. The Kier molecular flexibility index (Phi) is 7.26. The van der Waals surface area contributed by atoms with Crippen molar-refractivity contribution in [2.75, 3.05) is 0 Å². The van der Waals surface area contributed by atoms with E-state index in [4.69, 9.17) is 11.6 Å². The Morgan fingerprint density at radius 2 is 1.57 bits per heavy atom. The van der Waals surface area contributed by atoms with Crippen LogP contribution in [-0.2, 0) is 21.4 Å². The van der Waals surface area contributed by atoms with Crippen molar-refractivity contribution < 1.29 is 13.2 Å². The molecule has 0 unspecified atom stereocenters. The molecule has 0 heterocycles. The molecule has 156 valence electrons. The van der Waals surface area contributed by atoms with E-state index in [1.165, 1.54) is 12.1 Å². The topological polar surface area (TPSA) is 75.3 Å². The zero-order valence-electron chi connectivity index (χ0n) is 16.5. The smallest absolute Gasteiger partial charge is 0.241 e. The van der Waals surface area contributed by atoms with Gasteiger partial charge in [-0.05, 0) is 36.2 Å². The lowest BCUT2D eigenvalue weighted by molar-refractivity contribution is -0.121. The first-order valence-electron chi connectivity index (χ1n) is 9.49. The van der Waals surface area contributed by atoms with Crippen molar-refractivity contribution in [2.24, 2.45) is 0 Å². The van der Waals surface area contributed by atoms with Crippen LogP contribution in [0.4, 0.5) is 0 Å². The standard InChI is InChI=1S/C23H23ClN2O3S/c1-17-11-13-19(14-12-17)30(28,29)26-22(20-9-5-6-10-21(20)24)15-23(27)25-16-18-7-3-2-4-8-18/h2-14,22,26H,15-16H2,1H3,(H,25,27)/t22-/m0/s1. The maximum Gasteiger partial charge on any atom is 0.241 e. The predicted molar refractivity (Wildman–Crippen MR) is 119 cm³/mol. The number of hydrogen-bond donors (Lipinski definition) is 2. The molecule has 3 aromatic rings. The van der Waals surface area contributed by atoms with E-state index in [0.29, 0.717) is 17.1 Å². The van der Waals surface area contributed by atoms with Crippen molar-refractivity contribution >= 4 is 27.5 Å². The van der Waals surface area contributed by atoms with Gasteiger partial charge in [0, 0.05) is 18.0 Å². The van der Waals surface area contributed by atoms with Gasteiger partial charge < -0.3 is 5.32 Å². The van der Waals surface area contributed by atoms with Crippen LogP contribution in [-0.4, -0.2) is 14.3 Å². The Labute approximate surface area is 182 Å². The van der Waals surface area contributed by atoms with E-state index in [1.54, 1.807) is 36.4 Å². The quantitative estimate of drug-likeness (QED) is 0.543. The second-order valence-corrected chi connectivity index (χ2v) is 9.10. The maximum absolute atomic E-state index is 12.9. The molecule has 0 aliphatic rings. The fourth-order valence-corrected chi connectivity index (χ4v) is 4.48. The van der Waals surface area contributed by atoms with Crippen molar-refractivity contribution in [2.45, 2.75) is 30.8 Å². The normalized spacial score (nSPS) is 12.3. The summed E-state index contributed by atoms with van der Waals surface area (Å²) in [4.78, 5) is 12.7. The molecule has 30 heavy (non-hydrogen) atoms. The summed E-state index contributed by atoms with van der Waals surface area (Å²) in [7, 11) is -3.84. The summed E-state index contributed by atoms with van der Waals surface area (Å²) >= 11 is 6.30. The second kappa shape index (κ2) is 9.89. The van der Waals surface area contributed by atoms with Gasteiger partial charge in [0.1, 0.15) is 0 Å². The van der Waals surface area contributed by atoms with E-state index < -0.39 is 16.1 Å². The lowest BCUT2D eigenvalue weighted by atomic mass is 10.0. The van der Waals surface area contributed by atoms with Crippen molar-refractivity contribution in [3.8, 4) is 0 Å². The van der Waals surface area contributed by atoms with Gasteiger partial charge in [0.25, 0.3) is 0 Å². The number of nitrogens with one attached hydrogen (secondary N) is 2. The minimum atomic E-state index is -3.84. The van der Waals surface area contributed by atoms with Gasteiger partial charge in [-0.3, -0.25) is 4.79 Å². The first kappa shape index (κ1) is 22.0. The van der Waals surface area contributed by atoms with E-state index in [-0.39, 0.29) is 17.2 Å². The van der Waals surface area contributed by atoms with E-state index in [1.807, 2.05) is 37.3 Å². The number of carbonyl (C=O) groups excluding carboxylic acids is 1. The SMILES string of the molecule is Cc1ccc(S(=O)(=O)N[C@@H](CC(=O)NCc2ccccc2)c2ccccc2Cl)cc1. The number of carbonyl (C=O) groups is 1. The van der Waals surface area contributed by atoms with Crippen LogP contribution < -0.4 is 10.0 Å². The number of sulfonamides is 1. The summed E-state index contributed by atoms with van der Waals surface area (Å²) in [6, 6.07) is 22.1. The number of benzene rings is 3. The third-order valence-electron chi connectivity index (χ3n) is 4.63. The summed E-state index contributed by atoms with van der Waals surface area (Å²) in [5, 5.41) is 3.23. The minimum Gasteiger partial charge on any atom is -0.352 e. The molecule has 3 aromatic carbocycles. The van der Waals surface area contributed by atoms with Gasteiger partial charge >= 0.3 is 0 Å². The van der Waals surface area contributed by atoms with Gasteiger partial charge in [-0.15, -0.1) is 0 Å². The van der Waals surface area contributed by atoms with Crippen LogP contribution in [0.3, 0.4) is 0 Å². The Bertz CT molecular complexity index is 1100. The van der Waals surface area contributed by atoms with Crippen LogP contribution in [0.5, 0.6) is 0 Å². The van der Waals surface area contributed by atoms with E-state index in [0.717, 1.165) is 11.1 Å². The molecule has 0 fully saturated rings. The molecule has 0 radical (unpaired) electrons. The minimum absolute atomic E-state index is 0.0817. The van der Waals surface area contributed by atoms with Gasteiger partial charge in [-0.25, -0.2) is 13.1 Å². The van der Waals surface area contributed by atoms with Gasteiger partial charge in [-0.2, -0.15) is 0 Å². The molecule has 0 aliphatic carbocycles. The maximum atomic E-state index is 12.9. The Hall–Kier alpha value is -2.67. The first-order valence-corrected chi connectivity index (χ1v) is 11.4. The predicted octanol–water partition coefficient (Wildman–Crippen LogP) is 4.37. The number of rotatable bonds is 8. The molecule has 1 atom stereocenters. The highest BCUT2D eigenvalue weighted by Gasteiger charge is 2.25. The fourth-order valence-electron chi connectivity index (χ4n) is 3.00. The fraction of sp³-hybridized carbons (Fsp3) is 0.174. The van der Waals surface area contributed by atoms with Gasteiger partial charge in [0.2, 0.25) is 15.9 Å². The molecule has 0 aliphatic heterocycles. The van der Waals surface area contributed by atoms with E-state index in [9.17, 15) is 13.2 Å². The van der Waals surface area contributed by atoms with Crippen LogP contribution in [0.2, 0.25) is 5.02 Å². The van der Waals surface area contributed by atoms with Gasteiger partial charge in [0.15, 0.2) is 0 Å². The largest absolute Gasteiger partial charge is 0.352 e. The summed E-state index contributed by atoms with van der Waals surface area (Å²) in [6.07, 6.45) is -0.0817. The third-order valence-corrected chi connectivity index (χ3v) is 6.46. The van der Waals surface area contributed by atoms with Crippen molar-refractivity contribution in [1.82, 2.24) is 10.0 Å². The number of aryl methyl sites for hydroxylation is 1. The molecule has 2 N–H and O–H groups in total. The van der Waals surface area contributed by atoms with Crippen LogP contribution in [0, 0.1) is 6.92 Å². The van der Waals surface area contributed by atoms with Crippen LogP contribution in [0.1, 0.15) is 29.2 Å². The summed E-state index contributed by atoms with van der Waals surface area (Å²) in [5.41, 5.74) is 2.46. The monoisotopic (exact) mass is 442 g/mol. The average Bonchev–Trinajstić information content (AvgIpc) is 2.73. The van der Waals surface area contributed by atoms with Crippen LogP contribution in [0.25, 0.3) is 0 Å². The molecule has 5 nitrogen and oxygen atoms in total. The van der Waals surface area contributed by atoms with Gasteiger partial charge in [0.05, 0.1) is 10.9 Å². The Balaban J connectivity index is 1.79. The zero-order valence-corrected chi connectivity index (χ0v) is 18.1. The molecule has 0 aromatic heterocycles. The van der Waals surface area contributed by atoms with Gasteiger partial charge in [-0.1, -0.05) is 77.8 Å². The molecule has 3 rings (SSSR count). The van der Waals surface area contributed by atoms with E-state index in [2.05, 4.69) is 10.0 Å². The zero-order chi connectivity index (χ0) is 21.6. The molecule has 0 bridgehead atoms. The average molecular weight is 443 g/mol. The number of hydrogen-bond acceptors (Lipinski definition) is 3. The second-order valence-electron chi connectivity index (χ2n) is 6.97. The molecule has 0 saturated heterocycles. The summed E-state index contributed by atoms with van der Waals surface area (Å²) < 4.78 is 28.5. The molecular formula is C23H23ClN2O3S. The number of halogens is 1. The summed E-state index contributed by atoms with van der Waals surface area (Å²) in [6.45, 7) is 2.24. The lowest BCUT2D eigenvalue weighted by Gasteiger charge is -2.20. The van der Waals surface area contributed by atoms with Crippen molar-refractivity contribution in [3.05, 3.63) is 101 Å². The van der Waals surface area contributed by atoms with Crippen LogP contribution >= 0.6 is 11.6 Å².